The van der Waals surface area contributed by atoms with Crippen LogP contribution in [0.4, 0.5) is 0 Å². The number of aliphatic hydroxyl groups excluding tert-OH is 1. The molecule has 4 fully saturated rings. The second-order valence-electron chi connectivity index (χ2n) is 11.7. The minimum absolute atomic E-state index is 0.0840. The molecule has 0 spiro atoms. The van der Waals surface area contributed by atoms with Crippen molar-refractivity contribution < 1.29 is 19.4 Å². The normalized spacial score (nSPS) is 48.9. The smallest absolute Gasteiger partial charge is 0.305 e. The van der Waals surface area contributed by atoms with E-state index in [0.717, 1.165) is 37.0 Å². The summed E-state index contributed by atoms with van der Waals surface area (Å²) in [5.41, 5.74) is 0.581. The molecule has 0 aromatic rings. The first-order valence-corrected chi connectivity index (χ1v) is 12.5. The molecular formula is C26H44O4. The molecule has 0 saturated heterocycles. The summed E-state index contributed by atoms with van der Waals surface area (Å²) >= 11 is 0. The molecule has 4 saturated carbocycles. The molecule has 0 bridgehead atoms. The van der Waals surface area contributed by atoms with Crippen LogP contribution in [-0.4, -0.2) is 37.5 Å². The van der Waals surface area contributed by atoms with E-state index in [4.69, 9.17) is 9.47 Å². The molecule has 5 unspecified atom stereocenters. The van der Waals surface area contributed by atoms with Crippen LogP contribution in [0.2, 0.25) is 0 Å². The fourth-order valence-corrected chi connectivity index (χ4v) is 9.13. The molecule has 0 aromatic carbocycles. The van der Waals surface area contributed by atoms with E-state index >= 15 is 0 Å². The van der Waals surface area contributed by atoms with Gasteiger partial charge in [0.2, 0.25) is 0 Å². The van der Waals surface area contributed by atoms with Crippen molar-refractivity contribution in [3.63, 3.8) is 0 Å². The van der Waals surface area contributed by atoms with E-state index in [1.54, 1.807) is 0 Å². The maximum atomic E-state index is 11.7. The lowest BCUT2D eigenvalue weighted by atomic mass is 9.43. The molecule has 4 aliphatic rings. The highest BCUT2D eigenvalue weighted by atomic mass is 16.5. The molecule has 172 valence electrons. The number of esters is 1. The minimum atomic E-state index is -0.0850. The first-order valence-electron chi connectivity index (χ1n) is 12.5. The van der Waals surface area contributed by atoms with E-state index < -0.39 is 0 Å². The molecule has 0 aromatic heterocycles. The molecule has 10 atom stereocenters. The Morgan fingerprint density at radius 2 is 1.83 bits per heavy atom. The molecule has 0 aliphatic heterocycles. The van der Waals surface area contributed by atoms with Crippen LogP contribution in [0.1, 0.15) is 85.0 Å². The first kappa shape index (κ1) is 22.6. The van der Waals surface area contributed by atoms with Crippen molar-refractivity contribution in [2.45, 2.75) is 97.2 Å². The van der Waals surface area contributed by atoms with Crippen molar-refractivity contribution in [2.24, 2.45) is 46.3 Å². The first-order chi connectivity index (χ1) is 14.3. The van der Waals surface area contributed by atoms with Crippen molar-refractivity contribution >= 4 is 5.97 Å². The van der Waals surface area contributed by atoms with Crippen molar-refractivity contribution in [1.29, 1.82) is 0 Å². The number of methoxy groups -OCH3 is 2. The third kappa shape index (κ3) is 3.45. The highest BCUT2D eigenvalue weighted by molar-refractivity contribution is 5.69. The van der Waals surface area contributed by atoms with Gasteiger partial charge in [0.15, 0.2) is 0 Å². The van der Waals surface area contributed by atoms with Crippen LogP contribution in [0, 0.1) is 46.3 Å². The van der Waals surface area contributed by atoms with E-state index in [1.165, 1.54) is 45.6 Å². The fraction of sp³-hybridized carbons (Fsp3) is 0.962. The number of rotatable bonds is 5. The number of hydrogen-bond donors (Lipinski definition) is 1. The molecule has 30 heavy (non-hydrogen) atoms. The summed E-state index contributed by atoms with van der Waals surface area (Å²) < 4.78 is 11.2. The average Bonchev–Trinajstić information content (AvgIpc) is 3.09. The largest absolute Gasteiger partial charge is 0.469 e. The molecule has 4 heteroatoms. The maximum Gasteiger partial charge on any atom is 0.305 e. The average molecular weight is 421 g/mol. The topological polar surface area (TPSA) is 55.8 Å². The van der Waals surface area contributed by atoms with E-state index in [1.807, 2.05) is 7.11 Å². The number of hydrogen-bond acceptors (Lipinski definition) is 4. The van der Waals surface area contributed by atoms with Crippen molar-refractivity contribution in [3.05, 3.63) is 0 Å². The van der Waals surface area contributed by atoms with Crippen molar-refractivity contribution in [2.75, 3.05) is 14.2 Å². The highest BCUT2D eigenvalue weighted by Crippen LogP contribution is 2.68. The second kappa shape index (κ2) is 8.39. The molecule has 0 heterocycles. The highest BCUT2D eigenvalue weighted by Gasteiger charge is 2.64. The van der Waals surface area contributed by atoms with Crippen LogP contribution < -0.4 is 0 Å². The molecule has 1 N–H and O–H groups in total. The predicted molar refractivity (Wildman–Crippen MR) is 118 cm³/mol. The van der Waals surface area contributed by atoms with Crippen LogP contribution in [0.15, 0.2) is 0 Å². The van der Waals surface area contributed by atoms with E-state index in [0.29, 0.717) is 35.7 Å². The number of ether oxygens (including phenoxy) is 2. The number of fused-ring (bicyclic) bond motifs is 5. The number of aliphatic hydroxyl groups is 1. The Balaban J connectivity index is 1.57. The summed E-state index contributed by atoms with van der Waals surface area (Å²) in [4.78, 5) is 11.7. The third-order valence-electron chi connectivity index (χ3n) is 10.8. The van der Waals surface area contributed by atoms with E-state index in [9.17, 15) is 9.90 Å². The second-order valence-corrected chi connectivity index (χ2v) is 11.7. The Labute approximate surface area is 183 Å². The van der Waals surface area contributed by atoms with Crippen LogP contribution in [0.5, 0.6) is 0 Å². The lowest BCUT2D eigenvalue weighted by Crippen LogP contribution is -2.59. The van der Waals surface area contributed by atoms with Gasteiger partial charge in [-0.25, -0.2) is 0 Å². The van der Waals surface area contributed by atoms with Gasteiger partial charge in [0.05, 0.1) is 19.3 Å². The summed E-state index contributed by atoms with van der Waals surface area (Å²) in [6.45, 7) is 7.41. The maximum absolute atomic E-state index is 11.7. The quantitative estimate of drug-likeness (QED) is 0.620. The lowest BCUT2D eigenvalue weighted by molar-refractivity contribution is -0.183. The summed E-state index contributed by atoms with van der Waals surface area (Å²) in [6, 6.07) is 0. The minimum Gasteiger partial charge on any atom is -0.469 e. The standard InChI is InChI=1S/C26H44O4/c1-16(6-11-24(28)30-5)20-9-10-21-19-8-7-17-14-18(27)12-13-25(17,2)22(19)15-23(29-4)26(20,21)3/h16-23,27H,6-15H2,1-5H3/t16?,17-,18-,19?,20?,21?,22?,23+,25+,26-/m1/s1. The molecule has 0 radical (unpaired) electrons. The third-order valence-corrected chi connectivity index (χ3v) is 10.8. The number of carbonyl (C=O) groups is 1. The van der Waals surface area contributed by atoms with Gasteiger partial charge in [0.25, 0.3) is 0 Å². The van der Waals surface area contributed by atoms with Crippen molar-refractivity contribution in [1.82, 2.24) is 0 Å². The van der Waals surface area contributed by atoms with Gasteiger partial charge in [0.1, 0.15) is 0 Å². The lowest BCUT2D eigenvalue weighted by Gasteiger charge is -2.63. The van der Waals surface area contributed by atoms with Crippen LogP contribution in [0.3, 0.4) is 0 Å². The molecular weight excluding hydrogens is 376 g/mol. The van der Waals surface area contributed by atoms with Gasteiger partial charge in [-0.2, -0.15) is 0 Å². The molecule has 0 amide bonds. The van der Waals surface area contributed by atoms with Gasteiger partial charge in [-0.15, -0.1) is 0 Å². The zero-order valence-corrected chi connectivity index (χ0v) is 19.9. The van der Waals surface area contributed by atoms with Crippen molar-refractivity contribution in [3.8, 4) is 0 Å². The predicted octanol–water partition coefficient (Wildman–Crippen LogP) is 5.22. The molecule has 4 nitrogen and oxygen atoms in total. The van der Waals surface area contributed by atoms with Gasteiger partial charge < -0.3 is 14.6 Å². The molecule has 4 aliphatic carbocycles. The summed E-state index contributed by atoms with van der Waals surface area (Å²) in [7, 11) is 3.42. The van der Waals surface area contributed by atoms with E-state index in [-0.39, 0.29) is 17.5 Å². The Morgan fingerprint density at radius 3 is 2.53 bits per heavy atom. The summed E-state index contributed by atoms with van der Waals surface area (Å²) in [5, 5.41) is 10.3. The SMILES string of the molecule is COC(=O)CCC(C)C1CCC2C3CC[C@@H]4C[C@H](O)CC[C@]4(C)C3C[C@H](OC)[C@]12C. The van der Waals surface area contributed by atoms with Gasteiger partial charge >= 0.3 is 5.97 Å². The summed E-state index contributed by atoms with van der Waals surface area (Å²) in [5.74, 6) is 4.00. The zero-order valence-electron chi connectivity index (χ0n) is 19.9. The Morgan fingerprint density at radius 1 is 1.07 bits per heavy atom. The van der Waals surface area contributed by atoms with Gasteiger partial charge in [0, 0.05) is 13.5 Å². The summed E-state index contributed by atoms with van der Waals surface area (Å²) in [6.07, 6.45) is 11.2. The van der Waals surface area contributed by atoms with Gasteiger partial charge in [-0.3, -0.25) is 4.79 Å². The molecule has 4 rings (SSSR count). The van der Waals surface area contributed by atoms with Crippen LogP contribution in [-0.2, 0) is 14.3 Å². The fourth-order valence-electron chi connectivity index (χ4n) is 9.13. The monoisotopic (exact) mass is 420 g/mol. The van der Waals surface area contributed by atoms with Crippen LogP contribution in [0.25, 0.3) is 0 Å². The van der Waals surface area contributed by atoms with Crippen LogP contribution >= 0.6 is 0 Å². The van der Waals surface area contributed by atoms with E-state index in [2.05, 4.69) is 20.8 Å². The van der Waals surface area contributed by atoms with Gasteiger partial charge in [-0.1, -0.05) is 20.8 Å². The Bertz CT molecular complexity index is 635. The van der Waals surface area contributed by atoms with Gasteiger partial charge in [-0.05, 0) is 104 Å². The Hall–Kier alpha value is -0.610. The Kier molecular flexibility index (Phi) is 6.31. The number of carbonyl (C=O) groups excluding carboxylic acids is 1. The zero-order chi connectivity index (χ0) is 21.7.